The molecule has 0 bridgehead atoms. The number of hydrogen-bond donors (Lipinski definition) is 0. The highest BCUT2D eigenvalue weighted by Gasteiger charge is 2.41. The van der Waals surface area contributed by atoms with E-state index < -0.39 is 17.9 Å². The predicted molar refractivity (Wildman–Crippen MR) is 114 cm³/mol. The first-order valence-electron chi connectivity index (χ1n) is 11.0. The second kappa shape index (κ2) is 8.44. The first kappa shape index (κ1) is 22.9. The maximum Gasteiger partial charge on any atom is 0.451 e. The minimum Gasteiger partial charge on any atom is -0.370 e. The number of carbonyl (C=O) groups excluding carboxylic acids is 1. The fraction of sp³-hybridized carbons (Fsp3) is 0.455. The molecule has 0 aliphatic carbocycles. The van der Waals surface area contributed by atoms with E-state index in [9.17, 15) is 27.6 Å². The van der Waals surface area contributed by atoms with Gasteiger partial charge in [0.2, 0.25) is 17.7 Å². The van der Waals surface area contributed by atoms with Gasteiger partial charge in [-0.2, -0.15) is 22.8 Å². The lowest BCUT2D eigenvalue weighted by molar-refractivity contribution is -0.148. The third kappa shape index (κ3) is 4.02. The molecule has 0 saturated carbocycles. The van der Waals surface area contributed by atoms with Gasteiger partial charge in [0.05, 0.1) is 29.5 Å². The van der Waals surface area contributed by atoms with Crippen LogP contribution in [0.15, 0.2) is 18.5 Å². The van der Waals surface area contributed by atoms with Crippen molar-refractivity contribution in [3.63, 3.8) is 0 Å². The van der Waals surface area contributed by atoms with Gasteiger partial charge in [0.1, 0.15) is 6.07 Å². The fourth-order valence-corrected chi connectivity index (χ4v) is 4.98. The van der Waals surface area contributed by atoms with Gasteiger partial charge in [-0.3, -0.25) is 9.78 Å². The minimum atomic E-state index is -4.60. The van der Waals surface area contributed by atoms with Crippen LogP contribution in [0.2, 0.25) is 0 Å². The number of alkyl halides is 3. The Bertz CT molecular complexity index is 1350. The third-order valence-corrected chi connectivity index (χ3v) is 6.67. The molecule has 3 aromatic heterocycles. The molecule has 9 nitrogen and oxygen atoms in total. The molecule has 1 fully saturated rings. The molecule has 0 spiro atoms. The van der Waals surface area contributed by atoms with Crippen LogP contribution in [0.4, 0.5) is 23.2 Å². The van der Waals surface area contributed by atoms with Crippen molar-refractivity contribution in [1.29, 1.82) is 5.26 Å². The lowest BCUT2D eigenvalue weighted by Gasteiger charge is -2.40. The number of pyridine rings is 2. The molecule has 35 heavy (non-hydrogen) atoms. The maximum absolute atomic E-state index is 13.9. The maximum atomic E-state index is 13.9. The van der Waals surface area contributed by atoms with Crippen molar-refractivity contribution in [2.45, 2.75) is 32.6 Å². The Balaban J connectivity index is 1.34. The zero-order valence-corrected chi connectivity index (χ0v) is 18.6. The Labute approximate surface area is 197 Å². The van der Waals surface area contributed by atoms with Gasteiger partial charge >= 0.3 is 6.18 Å². The number of nitriles is 1. The van der Waals surface area contributed by atoms with E-state index in [4.69, 9.17) is 0 Å². The first-order chi connectivity index (χ1) is 16.7. The van der Waals surface area contributed by atoms with Gasteiger partial charge in [0, 0.05) is 49.7 Å². The Morgan fingerprint density at radius 3 is 2.69 bits per heavy atom. The molecular formula is C22H20F4N8O. The Morgan fingerprint density at radius 1 is 1.17 bits per heavy atom. The van der Waals surface area contributed by atoms with Gasteiger partial charge in [0.15, 0.2) is 5.82 Å². The summed E-state index contributed by atoms with van der Waals surface area (Å²) < 4.78 is 54.2. The van der Waals surface area contributed by atoms with Crippen LogP contribution in [0.3, 0.4) is 0 Å². The quantitative estimate of drug-likeness (QED) is 0.404. The van der Waals surface area contributed by atoms with Crippen LogP contribution < -0.4 is 4.90 Å². The van der Waals surface area contributed by atoms with Crippen LogP contribution in [0, 0.1) is 29.1 Å². The Morgan fingerprint density at radius 2 is 1.97 bits per heavy atom. The number of aromatic nitrogens is 5. The summed E-state index contributed by atoms with van der Waals surface area (Å²) in [6.45, 7) is 2.89. The third-order valence-electron chi connectivity index (χ3n) is 6.67. The molecule has 2 aliphatic heterocycles. The lowest BCUT2D eigenvalue weighted by atomic mass is 9.85. The van der Waals surface area contributed by atoms with Gasteiger partial charge in [-0.1, -0.05) is 6.92 Å². The van der Waals surface area contributed by atoms with E-state index in [1.165, 1.54) is 23.4 Å². The van der Waals surface area contributed by atoms with Gasteiger partial charge < -0.3 is 14.4 Å². The van der Waals surface area contributed by atoms with Gasteiger partial charge in [-0.05, 0) is 12.3 Å². The molecule has 1 amide bonds. The molecule has 5 rings (SSSR count). The van der Waals surface area contributed by atoms with Crippen molar-refractivity contribution in [2.75, 3.05) is 24.5 Å². The predicted octanol–water partition coefficient (Wildman–Crippen LogP) is 2.76. The number of amides is 1. The average molecular weight is 488 g/mol. The topological polar surface area (TPSA) is 104 Å². The molecule has 5 heterocycles. The van der Waals surface area contributed by atoms with E-state index in [1.54, 1.807) is 0 Å². The minimum absolute atomic E-state index is 0.0235. The largest absolute Gasteiger partial charge is 0.451 e. The van der Waals surface area contributed by atoms with E-state index in [0.29, 0.717) is 41.7 Å². The second-order valence-electron chi connectivity index (χ2n) is 8.82. The fourth-order valence-electron chi connectivity index (χ4n) is 4.98. The van der Waals surface area contributed by atoms with Gasteiger partial charge in [0.25, 0.3) is 0 Å². The van der Waals surface area contributed by atoms with Crippen LogP contribution in [-0.2, 0) is 24.1 Å². The summed E-state index contributed by atoms with van der Waals surface area (Å²) in [6.07, 6.45) is -1.39. The number of hydrogen-bond acceptors (Lipinski definition) is 7. The highest BCUT2D eigenvalue weighted by atomic mass is 19.4. The molecule has 182 valence electrons. The first-order valence-corrected chi connectivity index (χ1v) is 11.0. The van der Waals surface area contributed by atoms with Crippen LogP contribution in [0.5, 0.6) is 0 Å². The Hall–Kier alpha value is -3.82. The van der Waals surface area contributed by atoms with Crippen molar-refractivity contribution < 1.29 is 22.4 Å². The van der Waals surface area contributed by atoms with E-state index >= 15 is 0 Å². The van der Waals surface area contributed by atoms with Crippen LogP contribution in [0.1, 0.15) is 30.6 Å². The monoisotopic (exact) mass is 488 g/mol. The number of piperidine rings is 1. The summed E-state index contributed by atoms with van der Waals surface area (Å²) in [5.74, 6) is -2.23. The molecule has 1 saturated heterocycles. The summed E-state index contributed by atoms with van der Waals surface area (Å²) >= 11 is 0. The van der Waals surface area contributed by atoms with Crippen LogP contribution in [0.25, 0.3) is 10.9 Å². The summed E-state index contributed by atoms with van der Waals surface area (Å²) in [6, 6.07) is 3.36. The number of halogens is 4. The number of nitrogens with zero attached hydrogens (tertiary/aromatic N) is 8. The number of fused-ring (bicyclic) bond motifs is 2. The molecule has 0 aromatic carbocycles. The number of anilines is 1. The van der Waals surface area contributed by atoms with Crippen LogP contribution in [-0.4, -0.2) is 55.2 Å². The molecule has 0 unspecified atom stereocenters. The Kier molecular flexibility index (Phi) is 5.53. The highest BCUT2D eigenvalue weighted by Crippen LogP contribution is 2.36. The summed E-state index contributed by atoms with van der Waals surface area (Å²) in [5, 5.41) is 17.0. The number of rotatable bonds is 2. The highest BCUT2D eigenvalue weighted by molar-refractivity contribution is 5.94. The molecule has 3 aromatic rings. The van der Waals surface area contributed by atoms with Crippen molar-refractivity contribution in [1.82, 2.24) is 29.6 Å². The van der Waals surface area contributed by atoms with E-state index in [-0.39, 0.29) is 43.2 Å². The van der Waals surface area contributed by atoms with Crippen LogP contribution >= 0.6 is 0 Å². The zero-order chi connectivity index (χ0) is 24.9. The summed E-state index contributed by atoms with van der Waals surface area (Å²) in [4.78, 5) is 24.6. The molecule has 13 heteroatoms. The van der Waals surface area contributed by atoms with E-state index in [1.807, 2.05) is 11.8 Å². The molecule has 0 radical (unpaired) electrons. The smallest absolute Gasteiger partial charge is 0.370 e. The average Bonchev–Trinajstić information content (AvgIpc) is 3.26. The second-order valence-corrected chi connectivity index (χ2v) is 8.82. The van der Waals surface area contributed by atoms with Gasteiger partial charge in [-0.25, -0.2) is 4.98 Å². The molecule has 2 aliphatic rings. The normalized spacial score (nSPS) is 20.6. The molecule has 0 N–H and O–H groups in total. The van der Waals surface area contributed by atoms with E-state index in [2.05, 4.69) is 26.2 Å². The SMILES string of the molecule is C[C@@H]1CN(c2c(C#N)cnc3cnc(F)cc23)CC[C@@H]1C(=O)N1CCn2c(nnc2C(F)(F)F)C1. The van der Waals surface area contributed by atoms with Crippen molar-refractivity contribution >= 4 is 22.5 Å². The summed E-state index contributed by atoms with van der Waals surface area (Å²) in [5.41, 5.74) is 1.32. The number of carbonyl (C=O) groups is 1. The summed E-state index contributed by atoms with van der Waals surface area (Å²) in [7, 11) is 0. The van der Waals surface area contributed by atoms with Crippen molar-refractivity contribution in [2.24, 2.45) is 11.8 Å². The van der Waals surface area contributed by atoms with E-state index in [0.717, 1.165) is 4.57 Å². The van der Waals surface area contributed by atoms with Gasteiger partial charge in [-0.15, -0.1) is 10.2 Å². The standard InChI is InChI=1S/C22H20F4N8O/c1-12-10-32(19-13(7-27)8-28-16-9-29-17(23)6-15(16)19)3-2-14(12)20(35)33-4-5-34-18(11-33)30-31-21(34)22(24,25)26/h6,8-9,12,14H,2-5,10-11H2,1H3/t12-,14+/m1/s1. The van der Waals surface area contributed by atoms with Crippen molar-refractivity contribution in [3.05, 3.63) is 41.6 Å². The molecule has 2 atom stereocenters. The lowest BCUT2D eigenvalue weighted by Crippen LogP contribution is -2.49. The zero-order valence-electron chi connectivity index (χ0n) is 18.6. The van der Waals surface area contributed by atoms with Crippen molar-refractivity contribution in [3.8, 4) is 6.07 Å². The molecular weight excluding hydrogens is 468 g/mol.